The van der Waals surface area contributed by atoms with Crippen LogP contribution in [0.2, 0.25) is 0 Å². The Labute approximate surface area is 153 Å². The first-order chi connectivity index (χ1) is 12.2. The highest BCUT2D eigenvalue weighted by atomic mass is 79.9. The van der Waals surface area contributed by atoms with Crippen LogP contribution in [0.3, 0.4) is 0 Å². The van der Waals surface area contributed by atoms with E-state index in [9.17, 15) is 4.79 Å². The summed E-state index contributed by atoms with van der Waals surface area (Å²) in [6, 6.07) is 7.91. The van der Waals surface area contributed by atoms with Crippen LogP contribution in [0, 0.1) is 5.92 Å². The molecule has 3 heterocycles. The smallest absolute Gasteiger partial charge is 0.328 e. The first-order valence-corrected chi connectivity index (χ1v) is 9.13. The number of hydrogen-bond donors (Lipinski definition) is 3. The van der Waals surface area contributed by atoms with E-state index in [1.165, 1.54) is 0 Å². The van der Waals surface area contributed by atoms with Crippen LogP contribution in [-0.2, 0) is 6.54 Å². The summed E-state index contributed by atoms with van der Waals surface area (Å²) in [5.41, 5.74) is 2.11. The average Bonchev–Trinajstić information content (AvgIpc) is 3.22. The van der Waals surface area contributed by atoms with Crippen molar-refractivity contribution in [3.63, 3.8) is 0 Å². The predicted octanol–water partition coefficient (Wildman–Crippen LogP) is 1.95. The molecule has 2 aromatic heterocycles. The van der Waals surface area contributed by atoms with Gasteiger partial charge < -0.3 is 15.6 Å². The molecule has 1 fully saturated rings. The van der Waals surface area contributed by atoms with Crippen LogP contribution in [0.5, 0.6) is 0 Å². The minimum atomic E-state index is -0.179. The van der Waals surface area contributed by atoms with E-state index in [-0.39, 0.29) is 5.69 Å². The van der Waals surface area contributed by atoms with E-state index in [1.54, 1.807) is 10.8 Å². The van der Waals surface area contributed by atoms with Crippen LogP contribution in [0.1, 0.15) is 12.0 Å². The van der Waals surface area contributed by atoms with Gasteiger partial charge in [0, 0.05) is 11.0 Å². The third kappa shape index (κ3) is 3.59. The van der Waals surface area contributed by atoms with Gasteiger partial charge in [-0.15, -0.1) is 0 Å². The minimum Gasteiger partial charge on any atom is -0.354 e. The Bertz CT molecular complexity index is 944. The second kappa shape index (κ2) is 6.97. The van der Waals surface area contributed by atoms with Gasteiger partial charge in [-0.05, 0) is 43.1 Å². The lowest BCUT2D eigenvalue weighted by Crippen LogP contribution is -2.19. The van der Waals surface area contributed by atoms with Gasteiger partial charge in [0.25, 0.3) is 0 Å². The predicted molar refractivity (Wildman–Crippen MR) is 101 cm³/mol. The van der Waals surface area contributed by atoms with E-state index < -0.39 is 0 Å². The van der Waals surface area contributed by atoms with E-state index in [2.05, 4.69) is 41.5 Å². The van der Waals surface area contributed by atoms with E-state index in [4.69, 9.17) is 0 Å². The molecule has 0 spiro atoms. The standard InChI is InChI=1S/C17H19BrN6O/c18-13-3-1-2-11(6-13)10-24-15-14(22-17(24)25)9-21-16(23-15)20-8-12-4-5-19-7-12/h1-3,6,9,12,19H,4-5,7-8,10H2,(H,22,25)(H,20,21,23)/t12-/m1/s1. The van der Waals surface area contributed by atoms with E-state index >= 15 is 0 Å². The molecule has 3 N–H and O–H groups in total. The Morgan fingerprint density at radius 1 is 1.40 bits per heavy atom. The molecule has 130 valence electrons. The normalized spacial score (nSPS) is 17.2. The lowest BCUT2D eigenvalue weighted by atomic mass is 10.1. The number of H-pyrrole nitrogens is 1. The van der Waals surface area contributed by atoms with Gasteiger partial charge in [-0.2, -0.15) is 4.98 Å². The SMILES string of the molecule is O=c1[nH]c2cnc(NC[C@@H]3CCNC3)nc2n1Cc1cccc(Br)c1. The summed E-state index contributed by atoms with van der Waals surface area (Å²) >= 11 is 3.46. The Hall–Kier alpha value is -2.19. The molecular weight excluding hydrogens is 384 g/mol. The summed E-state index contributed by atoms with van der Waals surface area (Å²) in [5.74, 6) is 1.15. The van der Waals surface area contributed by atoms with Crippen molar-refractivity contribution in [2.75, 3.05) is 25.0 Å². The third-order valence-electron chi connectivity index (χ3n) is 4.45. The van der Waals surface area contributed by atoms with Crippen molar-refractivity contribution < 1.29 is 0 Å². The molecule has 1 aliphatic heterocycles. The number of halogens is 1. The van der Waals surface area contributed by atoms with Crippen molar-refractivity contribution in [3.05, 3.63) is 51.0 Å². The fourth-order valence-corrected chi connectivity index (χ4v) is 3.57. The molecule has 1 aliphatic rings. The van der Waals surface area contributed by atoms with Gasteiger partial charge in [-0.1, -0.05) is 28.1 Å². The van der Waals surface area contributed by atoms with Crippen molar-refractivity contribution in [3.8, 4) is 0 Å². The van der Waals surface area contributed by atoms with Crippen LogP contribution in [0.15, 0.2) is 39.7 Å². The van der Waals surface area contributed by atoms with Gasteiger partial charge in [0.15, 0.2) is 5.65 Å². The van der Waals surface area contributed by atoms with Crippen molar-refractivity contribution in [1.29, 1.82) is 0 Å². The minimum absolute atomic E-state index is 0.179. The number of benzene rings is 1. The molecule has 0 amide bonds. The van der Waals surface area contributed by atoms with Crippen LogP contribution in [0.4, 0.5) is 5.95 Å². The fraction of sp³-hybridized carbons (Fsp3) is 0.353. The van der Waals surface area contributed by atoms with Gasteiger partial charge in [-0.25, -0.2) is 9.78 Å². The Kier molecular flexibility index (Phi) is 4.54. The highest BCUT2D eigenvalue weighted by Gasteiger charge is 2.15. The third-order valence-corrected chi connectivity index (χ3v) is 4.95. The van der Waals surface area contributed by atoms with E-state index in [0.717, 1.165) is 36.1 Å². The molecule has 7 nitrogen and oxygen atoms in total. The molecule has 1 atom stereocenters. The molecule has 0 bridgehead atoms. The summed E-state index contributed by atoms with van der Waals surface area (Å²) in [7, 11) is 0. The number of nitrogens with one attached hydrogen (secondary N) is 3. The van der Waals surface area contributed by atoms with Crippen LogP contribution >= 0.6 is 15.9 Å². The molecule has 1 saturated heterocycles. The lowest BCUT2D eigenvalue weighted by molar-refractivity contribution is 0.613. The van der Waals surface area contributed by atoms with Gasteiger partial charge >= 0.3 is 5.69 Å². The van der Waals surface area contributed by atoms with E-state index in [0.29, 0.717) is 29.6 Å². The quantitative estimate of drug-likeness (QED) is 0.606. The summed E-state index contributed by atoms with van der Waals surface area (Å²) in [6.45, 7) is 3.38. The first kappa shape index (κ1) is 16.3. The maximum Gasteiger partial charge on any atom is 0.328 e. The Morgan fingerprint density at radius 3 is 3.12 bits per heavy atom. The van der Waals surface area contributed by atoms with Crippen molar-refractivity contribution in [2.24, 2.45) is 5.92 Å². The van der Waals surface area contributed by atoms with Crippen LogP contribution in [0.25, 0.3) is 11.2 Å². The number of anilines is 1. The summed E-state index contributed by atoms with van der Waals surface area (Å²) < 4.78 is 2.63. The molecule has 3 aromatic rings. The van der Waals surface area contributed by atoms with E-state index in [1.807, 2.05) is 24.3 Å². The molecule has 8 heteroatoms. The van der Waals surface area contributed by atoms with Gasteiger partial charge in [0.2, 0.25) is 5.95 Å². The van der Waals surface area contributed by atoms with Crippen LogP contribution < -0.4 is 16.3 Å². The molecular formula is C17H19BrN6O. The van der Waals surface area contributed by atoms with Crippen molar-refractivity contribution in [1.82, 2.24) is 24.8 Å². The van der Waals surface area contributed by atoms with Gasteiger partial charge in [0.05, 0.1) is 12.7 Å². The van der Waals surface area contributed by atoms with Crippen molar-refractivity contribution in [2.45, 2.75) is 13.0 Å². The lowest BCUT2D eigenvalue weighted by Gasteiger charge is -2.10. The first-order valence-electron chi connectivity index (χ1n) is 8.33. The Morgan fingerprint density at radius 2 is 2.32 bits per heavy atom. The average molecular weight is 403 g/mol. The summed E-state index contributed by atoms with van der Waals surface area (Å²) in [5, 5.41) is 6.64. The number of hydrogen-bond acceptors (Lipinski definition) is 5. The molecule has 0 unspecified atom stereocenters. The number of fused-ring (bicyclic) bond motifs is 1. The zero-order valence-electron chi connectivity index (χ0n) is 13.6. The Balaban J connectivity index is 1.60. The summed E-state index contributed by atoms with van der Waals surface area (Å²) in [6.07, 6.45) is 2.82. The number of aromatic nitrogens is 4. The molecule has 4 rings (SSSR count). The van der Waals surface area contributed by atoms with Crippen LogP contribution in [-0.4, -0.2) is 39.2 Å². The molecule has 0 aliphatic carbocycles. The number of aromatic amines is 1. The molecule has 1 aromatic carbocycles. The molecule has 0 saturated carbocycles. The molecule has 0 radical (unpaired) electrons. The maximum atomic E-state index is 12.3. The highest BCUT2D eigenvalue weighted by Crippen LogP contribution is 2.15. The van der Waals surface area contributed by atoms with Gasteiger partial charge in [0.1, 0.15) is 5.52 Å². The second-order valence-electron chi connectivity index (χ2n) is 6.32. The fourth-order valence-electron chi connectivity index (χ4n) is 3.12. The zero-order chi connectivity index (χ0) is 17.2. The van der Waals surface area contributed by atoms with Crippen molar-refractivity contribution >= 4 is 33.0 Å². The summed E-state index contributed by atoms with van der Waals surface area (Å²) in [4.78, 5) is 24.0. The largest absolute Gasteiger partial charge is 0.354 e. The topological polar surface area (TPSA) is 87.6 Å². The van der Waals surface area contributed by atoms with Gasteiger partial charge in [-0.3, -0.25) is 4.57 Å². The zero-order valence-corrected chi connectivity index (χ0v) is 15.2. The monoisotopic (exact) mass is 402 g/mol. The number of rotatable bonds is 5. The second-order valence-corrected chi connectivity index (χ2v) is 7.23. The highest BCUT2D eigenvalue weighted by molar-refractivity contribution is 9.10. The number of imidazole rings is 1. The maximum absolute atomic E-state index is 12.3. The number of nitrogens with zero attached hydrogens (tertiary/aromatic N) is 3. The molecule has 25 heavy (non-hydrogen) atoms.